The molecule has 0 saturated carbocycles. The smallest absolute Gasteiger partial charge is 0.304 e. The monoisotopic (exact) mass is 263 g/mol. The predicted molar refractivity (Wildman–Crippen MR) is 73.5 cm³/mol. The number of ether oxygens (including phenoxy) is 1. The van der Waals surface area contributed by atoms with Crippen molar-refractivity contribution >= 4 is 5.97 Å². The van der Waals surface area contributed by atoms with Crippen molar-refractivity contribution in [3.8, 4) is 5.75 Å². The largest absolute Gasteiger partial charge is 0.497 e. The summed E-state index contributed by atoms with van der Waals surface area (Å²) < 4.78 is 5.27. The van der Waals surface area contributed by atoms with Gasteiger partial charge in [0.2, 0.25) is 0 Å². The average Bonchev–Trinajstić information content (AvgIpc) is 2.37. The molecule has 1 aromatic carbocycles. The lowest BCUT2D eigenvalue weighted by atomic mass is 9.64. The van der Waals surface area contributed by atoms with Gasteiger partial charge in [-0.2, -0.15) is 0 Å². The first-order chi connectivity index (χ1) is 8.99. The van der Waals surface area contributed by atoms with Gasteiger partial charge >= 0.3 is 5.97 Å². The van der Waals surface area contributed by atoms with Gasteiger partial charge in [-0.3, -0.25) is 4.79 Å². The Balaban J connectivity index is 2.55. The van der Waals surface area contributed by atoms with Crippen LogP contribution in [0.25, 0.3) is 0 Å². The van der Waals surface area contributed by atoms with Gasteiger partial charge in [-0.1, -0.05) is 6.07 Å². The summed E-state index contributed by atoms with van der Waals surface area (Å²) in [4.78, 5) is 11.3. The van der Waals surface area contributed by atoms with Gasteiger partial charge in [-0.15, -0.1) is 0 Å². The van der Waals surface area contributed by atoms with Gasteiger partial charge in [0.05, 0.1) is 13.5 Å². The molecule has 0 aliphatic heterocycles. The summed E-state index contributed by atoms with van der Waals surface area (Å²) in [5, 5.41) is 9.25. The molecule has 0 saturated heterocycles. The van der Waals surface area contributed by atoms with Crippen molar-refractivity contribution in [2.24, 2.45) is 5.73 Å². The molecule has 0 aromatic heterocycles. The van der Waals surface area contributed by atoms with Crippen LogP contribution in [0.4, 0.5) is 0 Å². The normalized spacial score (nSPS) is 23.5. The standard InChI is InChI=1S/C15H21NO3/c1-10(16)15(9-14(17)18)7-3-4-11-5-6-12(19-2)8-13(11)15/h5-6,8,10H,3-4,7,9,16H2,1-2H3,(H,17,18). The van der Waals surface area contributed by atoms with E-state index in [0.29, 0.717) is 0 Å². The third-order valence-corrected chi connectivity index (χ3v) is 4.26. The minimum Gasteiger partial charge on any atom is -0.497 e. The number of carboxylic acids is 1. The molecule has 19 heavy (non-hydrogen) atoms. The Bertz CT molecular complexity index is 484. The van der Waals surface area contributed by atoms with Crippen LogP contribution < -0.4 is 10.5 Å². The van der Waals surface area contributed by atoms with Crippen LogP contribution in [0.3, 0.4) is 0 Å². The van der Waals surface area contributed by atoms with Gasteiger partial charge in [-0.05, 0) is 49.4 Å². The zero-order chi connectivity index (χ0) is 14.0. The summed E-state index contributed by atoms with van der Waals surface area (Å²) in [6.07, 6.45) is 2.85. The second kappa shape index (κ2) is 5.21. The van der Waals surface area contributed by atoms with Gasteiger partial charge in [0.1, 0.15) is 5.75 Å². The molecule has 4 nitrogen and oxygen atoms in total. The molecule has 0 bridgehead atoms. The number of nitrogens with two attached hydrogens (primary N) is 1. The molecule has 0 radical (unpaired) electrons. The van der Waals surface area contributed by atoms with Crippen molar-refractivity contribution < 1.29 is 14.6 Å². The Morgan fingerprint density at radius 3 is 2.89 bits per heavy atom. The number of aryl methyl sites for hydroxylation is 1. The number of aliphatic carboxylic acids is 1. The SMILES string of the molecule is COc1ccc2c(c1)C(CC(=O)O)(C(C)N)CCC2. The van der Waals surface area contributed by atoms with Crippen LogP contribution >= 0.6 is 0 Å². The molecule has 1 aliphatic carbocycles. The molecular formula is C15H21NO3. The molecule has 1 aromatic rings. The molecule has 2 atom stereocenters. The zero-order valence-electron chi connectivity index (χ0n) is 11.5. The molecule has 4 heteroatoms. The Hall–Kier alpha value is -1.55. The van der Waals surface area contributed by atoms with E-state index >= 15 is 0 Å². The van der Waals surface area contributed by atoms with E-state index in [9.17, 15) is 9.90 Å². The maximum atomic E-state index is 11.3. The molecule has 0 spiro atoms. The van der Waals surface area contributed by atoms with Crippen LogP contribution in [-0.4, -0.2) is 24.2 Å². The number of methoxy groups -OCH3 is 1. The fraction of sp³-hybridized carbons (Fsp3) is 0.533. The summed E-state index contributed by atoms with van der Waals surface area (Å²) in [7, 11) is 1.62. The van der Waals surface area contributed by atoms with E-state index in [0.717, 1.165) is 30.6 Å². The highest BCUT2D eigenvalue weighted by Crippen LogP contribution is 2.43. The van der Waals surface area contributed by atoms with Gasteiger partial charge in [0, 0.05) is 11.5 Å². The third kappa shape index (κ3) is 2.45. The first-order valence-electron chi connectivity index (χ1n) is 6.64. The minimum absolute atomic E-state index is 0.0742. The van der Waals surface area contributed by atoms with Crippen molar-refractivity contribution in [1.29, 1.82) is 0 Å². The van der Waals surface area contributed by atoms with Crippen LogP contribution in [0.15, 0.2) is 18.2 Å². The first kappa shape index (κ1) is 13.9. The van der Waals surface area contributed by atoms with Crippen molar-refractivity contribution in [2.75, 3.05) is 7.11 Å². The molecule has 0 fully saturated rings. The molecule has 104 valence electrons. The van der Waals surface area contributed by atoms with Crippen LogP contribution in [0.1, 0.15) is 37.3 Å². The van der Waals surface area contributed by atoms with E-state index in [1.54, 1.807) is 7.11 Å². The first-order valence-corrected chi connectivity index (χ1v) is 6.64. The summed E-state index contributed by atoms with van der Waals surface area (Å²) in [5.41, 5.74) is 7.93. The summed E-state index contributed by atoms with van der Waals surface area (Å²) in [5.74, 6) is -0.0379. The van der Waals surface area contributed by atoms with Crippen molar-refractivity contribution in [1.82, 2.24) is 0 Å². The predicted octanol–water partition coefficient (Wildman–Crippen LogP) is 2.09. The molecule has 0 amide bonds. The number of hydrogen-bond donors (Lipinski definition) is 2. The Kier molecular flexibility index (Phi) is 3.80. The van der Waals surface area contributed by atoms with Crippen LogP contribution in [0.2, 0.25) is 0 Å². The van der Waals surface area contributed by atoms with E-state index < -0.39 is 11.4 Å². The van der Waals surface area contributed by atoms with Crippen molar-refractivity contribution in [2.45, 2.75) is 44.1 Å². The second-order valence-corrected chi connectivity index (χ2v) is 5.39. The zero-order valence-corrected chi connectivity index (χ0v) is 11.5. The maximum absolute atomic E-state index is 11.3. The highest BCUT2D eigenvalue weighted by atomic mass is 16.5. The number of rotatable bonds is 4. The van der Waals surface area contributed by atoms with Crippen LogP contribution in [-0.2, 0) is 16.6 Å². The fourth-order valence-electron chi connectivity index (χ4n) is 3.18. The summed E-state index contributed by atoms with van der Waals surface area (Å²) >= 11 is 0. The Morgan fingerprint density at radius 1 is 1.58 bits per heavy atom. The van der Waals surface area contributed by atoms with Gasteiger partial charge in [-0.25, -0.2) is 0 Å². The molecular weight excluding hydrogens is 242 g/mol. The van der Waals surface area contributed by atoms with Crippen molar-refractivity contribution in [3.63, 3.8) is 0 Å². The molecule has 3 N–H and O–H groups in total. The molecule has 2 rings (SSSR count). The molecule has 2 unspecified atom stereocenters. The molecule has 0 heterocycles. The fourth-order valence-corrected chi connectivity index (χ4v) is 3.18. The minimum atomic E-state index is -0.798. The number of hydrogen-bond acceptors (Lipinski definition) is 3. The third-order valence-electron chi connectivity index (χ3n) is 4.26. The number of benzene rings is 1. The molecule has 1 aliphatic rings. The lowest BCUT2D eigenvalue weighted by Gasteiger charge is -2.41. The van der Waals surface area contributed by atoms with Crippen LogP contribution in [0.5, 0.6) is 5.75 Å². The lowest BCUT2D eigenvalue weighted by Crippen LogP contribution is -2.47. The van der Waals surface area contributed by atoms with Gasteiger partial charge < -0.3 is 15.6 Å². The Labute approximate surface area is 113 Å². The van der Waals surface area contributed by atoms with E-state index in [2.05, 4.69) is 0 Å². The van der Waals surface area contributed by atoms with Crippen LogP contribution in [0, 0.1) is 0 Å². The van der Waals surface area contributed by atoms with E-state index in [1.165, 1.54) is 5.56 Å². The lowest BCUT2D eigenvalue weighted by molar-refractivity contribution is -0.139. The highest BCUT2D eigenvalue weighted by Gasteiger charge is 2.41. The summed E-state index contributed by atoms with van der Waals surface area (Å²) in [6.45, 7) is 1.90. The van der Waals surface area contributed by atoms with Gasteiger partial charge in [0.25, 0.3) is 0 Å². The Morgan fingerprint density at radius 2 is 2.32 bits per heavy atom. The second-order valence-electron chi connectivity index (χ2n) is 5.39. The highest BCUT2D eigenvalue weighted by molar-refractivity contribution is 5.70. The number of carboxylic acid groups (broad SMARTS) is 1. The average molecular weight is 263 g/mol. The van der Waals surface area contributed by atoms with Crippen molar-refractivity contribution in [3.05, 3.63) is 29.3 Å². The van der Waals surface area contributed by atoms with E-state index in [1.807, 2.05) is 25.1 Å². The summed E-state index contributed by atoms with van der Waals surface area (Å²) in [6, 6.07) is 5.72. The quantitative estimate of drug-likeness (QED) is 0.872. The van der Waals surface area contributed by atoms with E-state index in [4.69, 9.17) is 10.5 Å². The topological polar surface area (TPSA) is 72.5 Å². The maximum Gasteiger partial charge on any atom is 0.304 e. The van der Waals surface area contributed by atoms with Gasteiger partial charge in [0.15, 0.2) is 0 Å². The number of fused-ring (bicyclic) bond motifs is 1. The number of carbonyl (C=O) groups is 1. The van der Waals surface area contributed by atoms with E-state index in [-0.39, 0.29) is 12.5 Å².